The van der Waals surface area contributed by atoms with Crippen LogP contribution in [0.1, 0.15) is 30.1 Å². The van der Waals surface area contributed by atoms with Crippen LogP contribution in [-0.2, 0) is 11.2 Å². The number of aromatic amines is 1. The lowest BCUT2D eigenvalue weighted by molar-refractivity contribution is -0.131. The molecule has 3 rings (SSSR count). The third-order valence-corrected chi connectivity index (χ3v) is 4.36. The zero-order valence-electron chi connectivity index (χ0n) is 13.5. The van der Waals surface area contributed by atoms with Crippen LogP contribution in [0.25, 0.3) is 0 Å². The molecule has 2 aromatic rings. The number of carbonyl (C=O) groups is 1. The first kappa shape index (κ1) is 15.5. The van der Waals surface area contributed by atoms with Crippen molar-refractivity contribution in [2.45, 2.75) is 25.3 Å². The SMILES string of the molecule is COc1ccc(CC(=O)N2CCC[C@@H]2c2ccc[nH]2)cc1OC. The highest BCUT2D eigenvalue weighted by Gasteiger charge is 2.30. The lowest BCUT2D eigenvalue weighted by Crippen LogP contribution is -2.32. The van der Waals surface area contributed by atoms with Gasteiger partial charge in [0.05, 0.1) is 26.7 Å². The van der Waals surface area contributed by atoms with Crippen LogP contribution in [0.3, 0.4) is 0 Å². The van der Waals surface area contributed by atoms with Gasteiger partial charge in [-0.25, -0.2) is 0 Å². The molecule has 23 heavy (non-hydrogen) atoms. The Morgan fingerprint density at radius 1 is 1.26 bits per heavy atom. The first-order valence-corrected chi connectivity index (χ1v) is 7.86. The summed E-state index contributed by atoms with van der Waals surface area (Å²) in [5.74, 6) is 1.48. The number of likely N-dealkylation sites (tertiary alicyclic amines) is 1. The van der Waals surface area contributed by atoms with Crippen LogP contribution in [0.5, 0.6) is 11.5 Å². The van der Waals surface area contributed by atoms with E-state index in [1.807, 2.05) is 41.4 Å². The Morgan fingerprint density at radius 3 is 2.78 bits per heavy atom. The summed E-state index contributed by atoms with van der Waals surface area (Å²) in [6.07, 6.45) is 4.34. The van der Waals surface area contributed by atoms with E-state index in [4.69, 9.17) is 9.47 Å². The monoisotopic (exact) mass is 314 g/mol. The molecule has 1 aliphatic rings. The molecule has 2 heterocycles. The fourth-order valence-electron chi connectivity index (χ4n) is 3.21. The predicted octanol–water partition coefficient (Wildman–Crippen LogP) is 2.94. The van der Waals surface area contributed by atoms with E-state index in [0.29, 0.717) is 17.9 Å². The van der Waals surface area contributed by atoms with E-state index < -0.39 is 0 Å². The average molecular weight is 314 g/mol. The number of rotatable bonds is 5. The molecule has 122 valence electrons. The maximum atomic E-state index is 12.7. The van der Waals surface area contributed by atoms with E-state index in [0.717, 1.165) is 30.6 Å². The van der Waals surface area contributed by atoms with E-state index in [-0.39, 0.29) is 11.9 Å². The molecular formula is C18H22N2O3. The largest absolute Gasteiger partial charge is 0.493 e. The van der Waals surface area contributed by atoms with Crippen LogP contribution in [-0.4, -0.2) is 36.6 Å². The second kappa shape index (κ2) is 6.77. The van der Waals surface area contributed by atoms with Gasteiger partial charge in [0.25, 0.3) is 0 Å². The molecule has 1 aromatic heterocycles. The number of H-pyrrole nitrogens is 1. The Labute approximate surface area is 136 Å². The Hall–Kier alpha value is -2.43. The van der Waals surface area contributed by atoms with Gasteiger partial charge in [-0.3, -0.25) is 4.79 Å². The topological polar surface area (TPSA) is 54.6 Å². The Kier molecular flexibility index (Phi) is 4.55. The first-order chi connectivity index (χ1) is 11.2. The summed E-state index contributed by atoms with van der Waals surface area (Å²) in [4.78, 5) is 17.9. The minimum atomic E-state index is 0.148. The lowest BCUT2D eigenvalue weighted by atomic mass is 10.1. The van der Waals surface area contributed by atoms with Crippen molar-refractivity contribution in [2.24, 2.45) is 0 Å². The summed E-state index contributed by atoms with van der Waals surface area (Å²) in [7, 11) is 3.21. The molecule has 0 radical (unpaired) electrons. The van der Waals surface area contributed by atoms with E-state index >= 15 is 0 Å². The maximum Gasteiger partial charge on any atom is 0.227 e. The Morgan fingerprint density at radius 2 is 2.09 bits per heavy atom. The molecule has 0 bridgehead atoms. The molecule has 1 N–H and O–H groups in total. The number of nitrogens with zero attached hydrogens (tertiary/aromatic N) is 1. The summed E-state index contributed by atoms with van der Waals surface area (Å²) in [6, 6.07) is 9.82. The number of aromatic nitrogens is 1. The maximum absolute atomic E-state index is 12.7. The van der Waals surface area contributed by atoms with Crippen LogP contribution in [0.2, 0.25) is 0 Å². The molecule has 1 saturated heterocycles. The van der Waals surface area contributed by atoms with E-state index in [1.54, 1.807) is 14.2 Å². The molecule has 0 saturated carbocycles. The highest BCUT2D eigenvalue weighted by atomic mass is 16.5. The van der Waals surface area contributed by atoms with Crippen LogP contribution in [0.15, 0.2) is 36.5 Å². The highest BCUT2D eigenvalue weighted by Crippen LogP contribution is 2.32. The number of amides is 1. The Balaban J connectivity index is 1.74. The summed E-state index contributed by atoms with van der Waals surface area (Å²) >= 11 is 0. The molecule has 0 unspecified atom stereocenters. The predicted molar refractivity (Wildman–Crippen MR) is 87.7 cm³/mol. The highest BCUT2D eigenvalue weighted by molar-refractivity contribution is 5.79. The van der Waals surface area contributed by atoms with Crippen LogP contribution in [0.4, 0.5) is 0 Å². The van der Waals surface area contributed by atoms with Crippen molar-refractivity contribution in [1.82, 2.24) is 9.88 Å². The molecule has 5 heteroatoms. The number of hydrogen-bond acceptors (Lipinski definition) is 3. The van der Waals surface area contributed by atoms with Crippen molar-refractivity contribution in [3.05, 3.63) is 47.8 Å². The van der Waals surface area contributed by atoms with Crippen molar-refractivity contribution < 1.29 is 14.3 Å². The number of hydrogen-bond donors (Lipinski definition) is 1. The third kappa shape index (κ3) is 3.18. The van der Waals surface area contributed by atoms with Crippen LogP contribution in [0, 0.1) is 0 Å². The zero-order chi connectivity index (χ0) is 16.2. The minimum absolute atomic E-state index is 0.148. The fourth-order valence-corrected chi connectivity index (χ4v) is 3.21. The molecular weight excluding hydrogens is 292 g/mol. The van der Waals surface area contributed by atoms with Gasteiger partial charge >= 0.3 is 0 Å². The lowest BCUT2D eigenvalue weighted by Gasteiger charge is -2.24. The van der Waals surface area contributed by atoms with Crippen LogP contribution >= 0.6 is 0 Å². The van der Waals surface area contributed by atoms with Gasteiger partial charge in [-0.1, -0.05) is 6.07 Å². The van der Waals surface area contributed by atoms with Gasteiger partial charge in [0.1, 0.15) is 0 Å². The standard InChI is InChI=1S/C18H22N2O3/c1-22-16-8-7-13(11-17(16)23-2)12-18(21)20-10-4-6-15(20)14-5-3-9-19-14/h3,5,7-9,11,15,19H,4,6,10,12H2,1-2H3/t15-/m1/s1. The minimum Gasteiger partial charge on any atom is -0.493 e. The van der Waals surface area contributed by atoms with E-state index in [9.17, 15) is 4.79 Å². The number of benzene rings is 1. The second-order valence-corrected chi connectivity index (χ2v) is 5.74. The van der Waals surface area contributed by atoms with Crippen molar-refractivity contribution in [3.8, 4) is 11.5 Å². The molecule has 0 spiro atoms. The molecule has 1 aromatic carbocycles. The summed E-state index contributed by atoms with van der Waals surface area (Å²) in [5.41, 5.74) is 2.05. The molecule has 1 aliphatic heterocycles. The van der Waals surface area contributed by atoms with E-state index in [1.165, 1.54) is 0 Å². The van der Waals surface area contributed by atoms with E-state index in [2.05, 4.69) is 4.98 Å². The molecule has 0 aliphatic carbocycles. The third-order valence-electron chi connectivity index (χ3n) is 4.36. The Bertz CT molecular complexity index is 667. The summed E-state index contributed by atoms with van der Waals surface area (Å²) in [5, 5.41) is 0. The molecule has 1 atom stereocenters. The van der Waals surface area contributed by atoms with Gasteiger partial charge < -0.3 is 19.4 Å². The fraction of sp³-hybridized carbons (Fsp3) is 0.389. The number of ether oxygens (including phenoxy) is 2. The van der Waals surface area contributed by atoms with Gasteiger partial charge in [0, 0.05) is 18.4 Å². The zero-order valence-corrected chi connectivity index (χ0v) is 13.5. The average Bonchev–Trinajstić information content (AvgIpc) is 3.25. The van der Waals surface area contributed by atoms with Gasteiger partial charge in [0.15, 0.2) is 11.5 Å². The molecule has 1 amide bonds. The first-order valence-electron chi connectivity index (χ1n) is 7.86. The van der Waals surface area contributed by atoms with Gasteiger partial charge in [0.2, 0.25) is 5.91 Å². The quantitative estimate of drug-likeness (QED) is 0.923. The van der Waals surface area contributed by atoms with Gasteiger partial charge in [-0.05, 0) is 42.7 Å². The smallest absolute Gasteiger partial charge is 0.227 e. The van der Waals surface area contributed by atoms with Crippen molar-refractivity contribution in [3.63, 3.8) is 0 Å². The van der Waals surface area contributed by atoms with Crippen molar-refractivity contribution >= 4 is 5.91 Å². The van der Waals surface area contributed by atoms with Crippen molar-refractivity contribution in [2.75, 3.05) is 20.8 Å². The number of methoxy groups -OCH3 is 2. The normalized spacial score (nSPS) is 17.3. The number of nitrogens with one attached hydrogen (secondary N) is 1. The van der Waals surface area contributed by atoms with Crippen LogP contribution < -0.4 is 9.47 Å². The second-order valence-electron chi connectivity index (χ2n) is 5.74. The van der Waals surface area contributed by atoms with Gasteiger partial charge in [-0.15, -0.1) is 0 Å². The van der Waals surface area contributed by atoms with Gasteiger partial charge in [-0.2, -0.15) is 0 Å². The summed E-state index contributed by atoms with van der Waals surface area (Å²) in [6.45, 7) is 0.815. The summed E-state index contributed by atoms with van der Waals surface area (Å²) < 4.78 is 10.5. The number of carbonyl (C=O) groups excluding carboxylic acids is 1. The molecule has 1 fully saturated rings. The molecule has 5 nitrogen and oxygen atoms in total. The van der Waals surface area contributed by atoms with Crippen molar-refractivity contribution in [1.29, 1.82) is 0 Å².